The number of nitro benzene ring substituents is 1. The van der Waals surface area contributed by atoms with Gasteiger partial charge in [-0.25, -0.2) is 4.39 Å². The number of hydrogen-bond acceptors (Lipinski definition) is 5. The molecule has 0 fully saturated rings. The molecule has 2 rings (SSSR count). The first-order valence-corrected chi connectivity index (χ1v) is 7.51. The number of anilines is 2. The lowest BCUT2D eigenvalue weighted by Gasteiger charge is -2.13. The van der Waals surface area contributed by atoms with Crippen molar-refractivity contribution >= 4 is 40.5 Å². The Morgan fingerprint density at radius 3 is 2.46 bits per heavy atom. The SMILES string of the molecule is COc1cc(NC(C)=O)c(Cl)cc1C(=O)Nc1cc([N+](=O)[O-])ccc1F. The molecule has 136 valence electrons. The van der Waals surface area contributed by atoms with Crippen LogP contribution in [0.1, 0.15) is 17.3 Å². The van der Waals surface area contributed by atoms with Crippen LogP contribution in [0.25, 0.3) is 0 Å². The minimum absolute atomic E-state index is 0.0440. The Hall–Kier alpha value is -3.20. The highest BCUT2D eigenvalue weighted by atomic mass is 35.5. The molecule has 0 atom stereocenters. The molecule has 0 aromatic heterocycles. The molecule has 0 radical (unpaired) electrons. The Morgan fingerprint density at radius 1 is 1.19 bits per heavy atom. The number of halogens is 2. The van der Waals surface area contributed by atoms with Crippen molar-refractivity contribution in [2.45, 2.75) is 6.92 Å². The topological polar surface area (TPSA) is 111 Å². The standard InChI is InChI=1S/C16H13ClFN3O5/c1-8(22)19-13-7-15(26-2)10(6-11(13)17)16(23)20-14-5-9(21(24)25)3-4-12(14)18/h3-7H,1-2H3,(H,19,22)(H,20,23). The molecule has 0 unspecified atom stereocenters. The van der Waals surface area contributed by atoms with E-state index in [0.717, 1.165) is 18.2 Å². The summed E-state index contributed by atoms with van der Waals surface area (Å²) >= 11 is 6.03. The van der Waals surface area contributed by atoms with E-state index in [1.165, 1.54) is 26.2 Å². The van der Waals surface area contributed by atoms with Crippen LogP contribution in [0.15, 0.2) is 30.3 Å². The van der Waals surface area contributed by atoms with E-state index < -0.39 is 16.6 Å². The number of carbonyl (C=O) groups is 2. The van der Waals surface area contributed by atoms with Gasteiger partial charge in [-0.15, -0.1) is 0 Å². The number of rotatable bonds is 5. The minimum Gasteiger partial charge on any atom is -0.496 e. The predicted octanol–water partition coefficient (Wildman–Crippen LogP) is 3.61. The maximum Gasteiger partial charge on any atom is 0.271 e. The van der Waals surface area contributed by atoms with Gasteiger partial charge in [0.1, 0.15) is 11.6 Å². The third-order valence-corrected chi connectivity index (χ3v) is 3.57. The Bertz CT molecular complexity index is 904. The third-order valence-electron chi connectivity index (χ3n) is 3.25. The van der Waals surface area contributed by atoms with Gasteiger partial charge in [-0.2, -0.15) is 0 Å². The molecule has 0 spiro atoms. The molecule has 0 aliphatic heterocycles. The van der Waals surface area contributed by atoms with Crippen molar-refractivity contribution in [3.8, 4) is 5.75 Å². The van der Waals surface area contributed by atoms with Gasteiger partial charge >= 0.3 is 0 Å². The summed E-state index contributed by atoms with van der Waals surface area (Å²) in [4.78, 5) is 33.7. The number of amides is 2. The van der Waals surface area contributed by atoms with Crippen LogP contribution in [0.3, 0.4) is 0 Å². The molecule has 8 nitrogen and oxygen atoms in total. The molecule has 26 heavy (non-hydrogen) atoms. The van der Waals surface area contributed by atoms with Gasteiger partial charge in [0, 0.05) is 25.1 Å². The van der Waals surface area contributed by atoms with Gasteiger partial charge in [-0.3, -0.25) is 19.7 Å². The molecule has 2 amide bonds. The lowest BCUT2D eigenvalue weighted by Crippen LogP contribution is -2.15. The van der Waals surface area contributed by atoms with E-state index >= 15 is 0 Å². The molecule has 2 aromatic rings. The van der Waals surface area contributed by atoms with Gasteiger partial charge in [0.25, 0.3) is 11.6 Å². The first-order chi connectivity index (χ1) is 12.2. The van der Waals surface area contributed by atoms with E-state index in [4.69, 9.17) is 16.3 Å². The number of nitrogens with one attached hydrogen (secondary N) is 2. The lowest BCUT2D eigenvalue weighted by molar-refractivity contribution is -0.384. The first kappa shape index (κ1) is 19.1. The average Bonchev–Trinajstić information content (AvgIpc) is 2.57. The second-order valence-electron chi connectivity index (χ2n) is 5.09. The van der Waals surface area contributed by atoms with Gasteiger partial charge < -0.3 is 15.4 Å². The number of carbonyl (C=O) groups excluding carboxylic acids is 2. The number of hydrogen-bond donors (Lipinski definition) is 2. The van der Waals surface area contributed by atoms with Crippen molar-refractivity contribution in [3.63, 3.8) is 0 Å². The zero-order valence-corrected chi connectivity index (χ0v) is 14.4. The second kappa shape index (κ2) is 7.79. The van der Waals surface area contributed by atoms with Crippen molar-refractivity contribution in [1.82, 2.24) is 0 Å². The average molecular weight is 382 g/mol. The molecule has 0 heterocycles. The monoisotopic (exact) mass is 381 g/mol. The maximum absolute atomic E-state index is 13.8. The maximum atomic E-state index is 13.8. The Kier molecular flexibility index (Phi) is 5.73. The molecule has 0 aliphatic rings. The summed E-state index contributed by atoms with van der Waals surface area (Å²) < 4.78 is 18.9. The highest BCUT2D eigenvalue weighted by Crippen LogP contribution is 2.32. The zero-order valence-electron chi connectivity index (χ0n) is 13.6. The number of nitro groups is 1. The van der Waals surface area contributed by atoms with Crippen LogP contribution in [0.4, 0.5) is 21.5 Å². The number of methoxy groups -OCH3 is 1. The van der Waals surface area contributed by atoms with Crippen LogP contribution in [0.2, 0.25) is 5.02 Å². The second-order valence-corrected chi connectivity index (χ2v) is 5.50. The van der Waals surface area contributed by atoms with Gasteiger partial charge in [0.2, 0.25) is 5.91 Å². The van der Waals surface area contributed by atoms with Crippen molar-refractivity contribution in [3.05, 3.63) is 56.8 Å². The molecule has 0 saturated carbocycles. The Labute approximate surface area is 152 Å². The normalized spacial score (nSPS) is 10.2. The Morgan fingerprint density at radius 2 is 1.88 bits per heavy atom. The highest BCUT2D eigenvalue weighted by molar-refractivity contribution is 6.34. The quantitative estimate of drug-likeness (QED) is 0.607. The van der Waals surface area contributed by atoms with Crippen LogP contribution in [0, 0.1) is 15.9 Å². The zero-order chi connectivity index (χ0) is 19.4. The summed E-state index contributed by atoms with van der Waals surface area (Å²) in [6.07, 6.45) is 0. The van der Waals surface area contributed by atoms with Gasteiger partial charge in [0.15, 0.2) is 0 Å². The lowest BCUT2D eigenvalue weighted by atomic mass is 10.1. The molecule has 2 aromatic carbocycles. The summed E-state index contributed by atoms with van der Waals surface area (Å²) in [6.45, 7) is 1.29. The number of ether oxygens (including phenoxy) is 1. The van der Waals surface area contributed by atoms with Crippen LogP contribution in [0.5, 0.6) is 5.75 Å². The summed E-state index contributed by atoms with van der Waals surface area (Å²) in [5.41, 5.74) is -0.562. The van der Waals surface area contributed by atoms with Crippen molar-refractivity contribution in [2.75, 3.05) is 17.7 Å². The molecular formula is C16H13ClFN3O5. The molecule has 0 bridgehead atoms. The minimum atomic E-state index is -0.844. The van der Waals surface area contributed by atoms with Crippen LogP contribution >= 0.6 is 11.6 Å². The number of nitrogens with zero attached hydrogens (tertiary/aromatic N) is 1. The van der Waals surface area contributed by atoms with E-state index in [9.17, 15) is 24.1 Å². The molecule has 0 saturated heterocycles. The molecule has 0 aliphatic carbocycles. The van der Waals surface area contributed by atoms with Crippen LogP contribution in [-0.4, -0.2) is 23.8 Å². The van der Waals surface area contributed by atoms with E-state index in [-0.39, 0.29) is 39.3 Å². The summed E-state index contributed by atoms with van der Waals surface area (Å²) in [5, 5.41) is 15.6. The van der Waals surface area contributed by atoms with Crippen molar-refractivity contribution in [2.24, 2.45) is 0 Å². The molecule has 10 heteroatoms. The fourth-order valence-corrected chi connectivity index (χ4v) is 2.31. The third kappa shape index (κ3) is 4.25. The van der Waals surface area contributed by atoms with Gasteiger partial charge in [-0.1, -0.05) is 11.6 Å². The smallest absolute Gasteiger partial charge is 0.271 e. The van der Waals surface area contributed by atoms with Crippen LogP contribution in [-0.2, 0) is 4.79 Å². The fourth-order valence-electron chi connectivity index (χ4n) is 2.10. The van der Waals surface area contributed by atoms with E-state index in [1.54, 1.807) is 0 Å². The summed E-state index contributed by atoms with van der Waals surface area (Å²) in [5.74, 6) is -1.94. The summed E-state index contributed by atoms with van der Waals surface area (Å²) in [6, 6.07) is 5.31. The fraction of sp³-hybridized carbons (Fsp3) is 0.125. The predicted molar refractivity (Wildman–Crippen MR) is 93.3 cm³/mol. The molecule has 2 N–H and O–H groups in total. The van der Waals surface area contributed by atoms with E-state index in [1.807, 2.05) is 0 Å². The first-order valence-electron chi connectivity index (χ1n) is 7.13. The van der Waals surface area contributed by atoms with Gasteiger partial charge in [0.05, 0.1) is 34.0 Å². The highest BCUT2D eigenvalue weighted by Gasteiger charge is 2.19. The van der Waals surface area contributed by atoms with Crippen molar-refractivity contribution < 1.29 is 23.6 Å². The largest absolute Gasteiger partial charge is 0.496 e. The van der Waals surface area contributed by atoms with E-state index in [0.29, 0.717) is 0 Å². The van der Waals surface area contributed by atoms with Crippen LogP contribution < -0.4 is 15.4 Å². The Balaban J connectivity index is 2.38. The summed E-state index contributed by atoms with van der Waals surface area (Å²) in [7, 11) is 1.30. The van der Waals surface area contributed by atoms with E-state index in [2.05, 4.69) is 10.6 Å². The van der Waals surface area contributed by atoms with Gasteiger partial charge in [-0.05, 0) is 12.1 Å². The number of benzene rings is 2. The van der Waals surface area contributed by atoms with Crippen molar-refractivity contribution in [1.29, 1.82) is 0 Å². The number of non-ortho nitro benzene ring substituents is 1. The molecular weight excluding hydrogens is 369 g/mol.